The molecule has 0 atom stereocenters. The molecular formula is C58H48N5OPt-3. The van der Waals surface area contributed by atoms with Crippen LogP contribution in [-0.2, 0) is 26.5 Å². The van der Waals surface area contributed by atoms with Gasteiger partial charge in [-0.3, -0.25) is 0 Å². The first kappa shape index (κ1) is 42.1. The van der Waals surface area contributed by atoms with Gasteiger partial charge in [-0.2, -0.15) is 18.8 Å². The second-order valence-corrected chi connectivity index (χ2v) is 18.6. The largest absolute Gasteiger partial charge is 0.509 e. The zero-order valence-electron chi connectivity index (χ0n) is 37.3. The molecule has 0 unspecified atom stereocenters. The number of hydrogen-bond acceptors (Lipinski definition) is 4. The van der Waals surface area contributed by atoms with Crippen molar-refractivity contribution in [3.8, 4) is 23.0 Å². The van der Waals surface area contributed by atoms with Crippen molar-refractivity contribution in [1.82, 2.24) is 19.0 Å². The zero-order valence-corrected chi connectivity index (χ0v) is 39.6. The van der Waals surface area contributed by atoms with Crippen LogP contribution in [0.5, 0.6) is 11.5 Å². The molecule has 0 amide bonds. The summed E-state index contributed by atoms with van der Waals surface area (Å²) in [5.41, 5.74) is 11.6. The van der Waals surface area contributed by atoms with Crippen LogP contribution in [-0.4, -0.2) is 24.6 Å². The van der Waals surface area contributed by atoms with Gasteiger partial charge >= 0.3 is 0 Å². The maximum absolute atomic E-state index is 6.78. The number of para-hydroxylation sites is 2. The normalized spacial score (nSPS) is 13.4. The second-order valence-electron chi connectivity index (χ2n) is 18.6. The Morgan fingerprint density at radius 3 is 1.83 bits per heavy atom. The Bertz CT molecular complexity index is 3410. The Balaban J connectivity index is 0.00000498. The molecule has 3 aromatic heterocycles. The number of ether oxygens (including phenoxy) is 1. The third-order valence-corrected chi connectivity index (χ3v) is 12.3. The molecule has 11 rings (SSSR count). The average molecular weight is 1030 g/mol. The van der Waals surface area contributed by atoms with Crippen molar-refractivity contribution in [3.63, 3.8) is 0 Å². The molecule has 7 aromatic carbocycles. The summed E-state index contributed by atoms with van der Waals surface area (Å²) in [7, 11) is 0. The van der Waals surface area contributed by atoms with Crippen LogP contribution in [0.25, 0.3) is 66.5 Å². The van der Waals surface area contributed by atoms with E-state index in [1.807, 2.05) is 24.4 Å². The van der Waals surface area contributed by atoms with E-state index in [1.54, 1.807) is 0 Å². The predicted octanol–water partition coefficient (Wildman–Crippen LogP) is 14.5. The number of nitrogens with zero attached hydrogens (tertiary/aromatic N) is 5. The number of benzene rings is 7. The maximum atomic E-state index is 6.78. The first-order valence-electron chi connectivity index (χ1n) is 22.0. The van der Waals surface area contributed by atoms with Crippen molar-refractivity contribution in [3.05, 3.63) is 212 Å². The average Bonchev–Trinajstić information content (AvgIpc) is 3.97. The number of rotatable bonds is 7. The van der Waals surface area contributed by atoms with Gasteiger partial charge in [-0.15, -0.1) is 41.4 Å². The van der Waals surface area contributed by atoms with Crippen LogP contribution in [0.1, 0.15) is 58.2 Å². The van der Waals surface area contributed by atoms with Crippen molar-refractivity contribution in [1.29, 1.82) is 0 Å². The summed E-state index contributed by atoms with van der Waals surface area (Å²) >= 11 is 0. The molecule has 4 heterocycles. The molecule has 0 saturated heterocycles. The van der Waals surface area contributed by atoms with Crippen molar-refractivity contribution in [2.45, 2.75) is 52.5 Å². The summed E-state index contributed by atoms with van der Waals surface area (Å²) in [5.74, 6) is 2.02. The van der Waals surface area contributed by atoms with E-state index < -0.39 is 0 Å². The fourth-order valence-electron chi connectivity index (χ4n) is 9.19. The Morgan fingerprint density at radius 1 is 0.523 bits per heavy atom. The minimum atomic E-state index is -0.207. The number of aromatic nitrogens is 3. The molecule has 65 heavy (non-hydrogen) atoms. The van der Waals surface area contributed by atoms with E-state index in [9.17, 15) is 0 Å². The van der Waals surface area contributed by atoms with Crippen LogP contribution < -0.4 is 9.64 Å². The molecule has 0 bridgehead atoms. The van der Waals surface area contributed by atoms with Gasteiger partial charge in [0.1, 0.15) is 5.82 Å². The van der Waals surface area contributed by atoms with Gasteiger partial charge in [-0.05, 0) is 90.7 Å². The summed E-state index contributed by atoms with van der Waals surface area (Å²) in [5, 5.41) is 4.55. The molecule has 0 radical (unpaired) electrons. The Morgan fingerprint density at radius 2 is 1.14 bits per heavy atom. The van der Waals surface area contributed by atoms with Gasteiger partial charge in [0.15, 0.2) is 0 Å². The molecule has 0 aliphatic carbocycles. The quantitative estimate of drug-likeness (QED) is 0.149. The molecule has 0 spiro atoms. The summed E-state index contributed by atoms with van der Waals surface area (Å²) in [6, 6.07) is 67.2. The number of fused-ring (bicyclic) bond motifs is 6. The minimum absolute atomic E-state index is 0. The van der Waals surface area contributed by atoms with Crippen LogP contribution in [0.15, 0.2) is 176 Å². The molecule has 10 aromatic rings. The van der Waals surface area contributed by atoms with Crippen molar-refractivity contribution in [2.24, 2.45) is 0 Å². The Kier molecular flexibility index (Phi) is 10.5. The fraction of sp³-hybridized carbons (Fsp3) is 0.138. The fourth-order valence-corrected chi connectivity index (χ4v) is 9.19. The van der Waals surface area contributed by atoms with Crippen LogP contribution >= 0.6 is 0 Å². The van der Waals surface area contributed by atoms with E-state index >= 15 is 0 Å². The molecule has 6 nitrogen and oxygen atoms in total. The van der Waals surface area contributed by atoms with Crippen LogP contribution in [0.2, 0.25) is 0 Å². The Hall–Kier alpha value is -6.88. The topological polar surface area (TPSA) is 38.5 Å². The molecule has 1 aliphatic heterocycles. The van der Waals surface area contributed by atoms with Gasteiger partial charge in [0.05, 0.1) is 11.0 Å². The van der Waals surface area contributed by atoms with Gasteiger partial charge in [-0.1, -0.05) is 123 Å². The monoisotopic (exact) mass is 1030 g/mol. The van der Waals surface area contributed by atoms with E-state index in [2.05, 4.69) is 231 Å². The summed E-state index contributed by atoms with van der Waals surface area (Å²) in [6.07, 6.45) is 1.92. The van der Waals surface area contributed by atoms with Crippen LogP contribution in [0, 0.1) is 18.8 Å². The van der Waals surface area contributed by atoms with E-state index in [4.69, 9.17) is 9.72 Å². The van der Waals surface area contributed by atoms with Gasteiger partial charge in [-0.25, -0.2) is 4.98 Å². The molecular weight excluding hydrogens is 978 g/mol. The smallest absolute Gasteiger partial charge is 0.135 e. The third kappa shape index (κ3) is 7.40. The molecule has 0 N–H and O–H groups in total. The molecule has 324 valence electrons. The molecule has 0 saturated carbocycles. The second kappa shape index (κ2) is 16.3. The first-order chi connectivity index (χ1) is 31.0. The molecule has 1 aliphatic rings. The number of pyridine rings is 1. The van der Waals surface area contributed by atoms with Crippen LogP contribution in [0.3, 0.4) is 0 Å². The summed E-state index contributed by atoms with van der Waals surface area (Å²) in [6.45, 7) is 15.7. The number of hydrogen-bond donors (Lipinski definition) is 0. The molecule has 7 heteroatoms. The van der Waals surface area contributed by atoms with Gasteiger partial charge in [0, 0.05) is 77.7 Å². The van der Waals surface area contributed by atoms with E-state index in [1.165, 1.54) is 21.9 Å². The minimum Gasteiger partial charge on any atom is -0.509 e. The standard InChI is InChI=1S/C58H48N5O.Pt/c1-57(2,3)41-31-32-59-54(33-41)63-51-35-45(29-30-47(51)49-36-52-48(37-53(49)63)46-27-16-17-28-50(46)62(52)42-23-14-9-15-24-42)64-44-26-18-25-43(34-44)60-38-61(58(4,5)6)56(40-21-12-8-13-22-40)55(60)39-19-10-7-11-20-39;/h7-33,36-38H,1-6H3;/q-3;. The van der Waals surface area contributed by atoms with Crippen molar-refractivity contribution in [2.75, 3.05) is 4.90 Å². The van der Waals surface area contributed by atoms with Crippen LogP contribution in [0.4, 0.5) is 5.69 Å². The zero-order chi connectivity index (χ0) is 43.7. The SMILES string of the molecule is CC(C)(C)c1ccnc(-n2c3[c-]c(Oc4[c-]c(N5[CH-]N(C(C)(C)C)C(c6ccccc6)=C5c5ccccc5)ccc4)ccc3c3cc4c(cc32)c2ccccc2n4-c2ccccc2)c1.[Pt]. The predicted molar refractivity (Wildman–Crippen MR) is 264 cm³/mol. The van der Waals surface area contributed by atoms with Gasteiger partial charge in [0.25, 0.3) is 0 Å². The van der Waals surface area contributed by atoms with Gasteiger partial charge < -0.3 is 23.7 Å². The Labute approximate surface area is 395 Å². The number of anilines is 1. The van der Waals surface area contributed by atoms with Crippen molar-refractivity contribution < 1.29 is 25.8 Å². The maximum Gasteiger partial charge on any atom is 0.135 e. The molecule has 0 fully saturated rings. The van der Waals surface area contributed by atoms with E-state index in [0.29, 0.717) is 11.5 Å². The summed E-state index contributed by atoms with van der Waals surface area (Å²) < 4.78 is 11.4. The first-order valence-corrected chi connectivity index (χ1v) is 22.0. The van der Waals surface area contributed by atoms with Crippen molar-refractivity contribution >= 4 is 60.7 Å². The van der Waals surface area contributed by atoms with E-state index in [-0.39, 0.29) is 32.0 Å². The third-order valence-electron chi connectivity index (χ3n) is 12.3. The van der Waals surface area contributed by atoms with E-state index in [0.717, 1.165) is 67.0 Å². The van der Waals surface area contributed by atoms with Gasteiger partial charge in [0.2, 0.25) is 0 Å². The summed E-state index contributed by atoms with van der Waals surface area (Å²) in [4.78, 5) is 9.62.